The molecule has 1 amide bonds. The molecule has 0 spiro atoms. The lowest BCUT2D eigenvalue weighted by molar-refractivity contribution is 0.0936. The highest BCUT2D eigenvalue weighted by Crippen LogP contribution is 2.33. The lowest BCUT2D eigenvalue weighted by atomic mass is 10.1. The standard InChI is InChI=1S/C12H15Cl2NO2/c1-4-7(2)15-12(16)10-8(13)5-6-9(14)11(10)17-3/h5-7H,4H2,1-3H3,(H,15,16)/t7-/m1/s1. The van der Waals surface area contributed by atoms with Crippen molar-refractivity contribution in [2.45, 2.75) is 26.3 Å². The van der Waals surface area contributed by atoms with E-state index in [1.165, 1.54) is 7.11 Å². The Morgan fingerprint density at radius 3 is 2.53 bits per heavy atom. The number of carbonyl (C=O) groups excluding carboxylic acids is 1. The Morgan fingerprint density at radius 1 is 1.41 bits per heavy atom. The van der Waals surface area contributed by atoms with Gasteiger partial charge in [-0.2, -0.15) is 0 Å². The maximum Gasteiger partial charge on any atom is 0.256 e. The molecule has 0 heterocycles. The average molecular weight is 276 g/mol. The SMILES string of the molecule is CC[C@@H](C)NC(=O)c1c(Cl)ccc(Cl)c1OC. The summed E-state index contributed by atoms with van der Waals surface area (Å²) in [6.45, 7) is 3.91. The Kier molecular flexibility index (Phi) is 5.09. The Balaban J connectivity index is 3.11. The van der Waals surface area contributed by atoms with E-state index in [9.17, 15) is 4.79 Å². The molecule has 0 saturated carbocycles. The number of halogens is 2. The fraction of sp³-hybridized carbons (Fsp3) is 0.417. The summed E-state index contributed by atoms with van der Waals surface area (Å²) < 4.78 is 5.12. The number of benzene rings is 1. The van der Waals surface area contributed by atoms with E-state index >= 15 is 0 Å². The van der Waals surface area contributed by atoms with Crippen LogP contribution in [0.2, 0.25) is 10.0 Å². The van der Waals surface area contributed by atoms with E-state index in [0.717, 1.165) is 6.42 Å². The number of hydrogen-bond acceptors (Lipinski definition) is 2. The predicted octanol–water partition coefficient (Wildman–Crippen LogP) is 3.53. The third kappa shape index (κ3) is 3.27. The van der Waals surface area contributed by atoms with Crippen molar-refractivity contribution < 1.29 is 9.53 Å². The van der Waals surface area contributed by atoms with E-state index < -0.39 is 0 Å². The molecule has 1 rings (SSSR count). The zero-order valence-electron chi connectivity index (χ0n) is 10.0. The zero-order chi connectivity index (χ0) is 13.0. The van der Waals surface area contributed by atoms with Crippen molar-refractivity contribution in [2.24, 2.45) is 0 Å². The van der Waals surface area contributed by atoms with Crippen molar-refractivity contribution in [3.05, 3.63) is 27.7 Å². The molecule has 1 atom stereocenters. The van der Waals surface area contributed by atoms with E-state index in [1.54, 1.807) is 12.1 Å². The highest BCUT2D eigenvalue weighted by Gasteiger charge is 2.20. The summed E-state index contributed by atoms with van der Waals surface area (Å²) >= 11 is 12.0. The van der Waals surface area contributed by atoms with Gasteiger partial charge in [0.2, 0.25) is 0 Å². The molecule has 0 aliphatic carbocycles. The Hall–Kier alpha value is -0.930. The summed E-state index contributed by atoms with van der Waals surface area (Å²) in [5.41, 5.74) is 0.280. The van der Waals surface area contributed by atoms with Gasteiger partial charge >= 0.3 is 0 Å². The van der Waals surface area contributed by atoms with Crippen LogP contribution in [0.3, 0.4) is 0 Å². The fourth-order valence-corrected chi connectivity index (χ4v) is 1.81. The van der Waals surface area contributed by atoms with Gasteiger partial charge in [0, 0.05) is 6.04 Å². The van der Waals surface area contributed by atoms with Gasteiger partial charge in [0.25, 0.3) is 5.91 Å². The second-order valence-corrected chi connectivity index (χ2v) is 4.53. The third-order valence-electron chi connectivity index (χ3n) is 2.48. The van der Waals surface area contributed by atoms with Gasteiger partial charge < -0.3 is 10.1 Å². The van der Waals surface area contributed by atoms with Crippen LogP contribution in [-0.2, 0) is 0 Å². The van der Waals surface area contributed by atoms with Crippen molar-refractivity contribution in [1.82, 2.24) is 5.32 Å². The molecule has 1 N–H and O–H groups in total. The van der Waals surface area contributed by atoms with Crippen LogP contribution >= 0.6 is 23.2 Å². The number of rotatable bonds is 4. The highest BCUT2D eigenvalue weighted by atomic mass is 35.5. The first-order valence-corrected chi connectivity index (χ1v) is 6.09. The molecule has 1 aromatic rings. The minimum atomic E-state index is -0.274. The first-order valence-electron chi connectivity index (χ1n) is 5.34. The summed E-state index contributed by atoms with van der Waals surface area (Å²) in [5.74, 6) is 0.0312. The van der Waals surface area contributed by atoms with Crippen molar-refractivity contribution in [3.63, 3.8) is 0 Å². The maximum absolute atomic E-state index is 12.0. The zero-order valence-corrected chi connectivity index (χ0v) is 11.5. The number of methoxy groups -OCH3 is 1. The lowest BCUT2D eigenvalue weighted by Gasteiger charge is -2.15. The molecule has 94 valence electrons. The molecular weight excluding hydrogens is 261 g/mol. The molecule has 0 aliphatic rings. The van der Waals surface area contributed by atoms with E-state index in [-0.39, 0.29) is 17.5 Å². The molecule has 0 aromatic heterocycles. The second kappa shape index (κ2) is 6.12. The van der Waals surface area contributed by atoms with Crippen LogP contribution in [0.25, 0.3) is 0 Å². The van der Waals surface area contributed by atoms with Gasteiger partial charge in [0.15, 0.2) is 5.75 Å². The number of amides is 1. The van der Waals surface area contributed by atoms with E-state index in [1.807, 2.05) is 13.8 Å². The molecule has 0 radical (unpaired) electrons. The Labute approximate surface area is 111 Å². The van der Waals surface area contributed by atoms with Gasteiger partial charge in [-0.25, -0.2) is 0 Å². The molecule has 5 heteroatoms. The van der Waals surface area contributed by atoms with Crippen molar-refractivity contribution in [3.8, 4) is 5.75 Å². The Morgan fingerprint density at radius 2 is 2.00 bits per heavy atom. The summed E-state index contributed by atoms with van der Waals surface area (Å²) in [4.78, 5) is 12.0. The van der Waals surface area contributed by atoms with Crippen molar-refractivity contribution in [2.75, 3.05) is 7.11 Å². The topological polar surface area (TPSA) is 38.3 Å². The van der Waals surface area contributed by atoms with Crippen LogP contribution in [0.1, 0.15) is 30.6 Å². The summed E-state index contributed by atoms with van der Waals surface area (Å²) in [6, 6.07) is 3.25. The van der Waals surface area contributed by atoms with Crippen LogP contribution in [-0.4, -0.2) is 19.1 Å². The van der Waals surface area contributed by atoms with Crippen molar-refractivity contribution in [1.29, 1.82) is 0 Å². The minimum Gasteiger partial charge on any atom is -0.494 e. The van der Waals surface area contributed by atoms with E-state index in [0.29, 0.717) is 15.8 Å². The molecule has 0 saturated heterocycles. The first kappa shape index (κ1) is 14.1. The van der Waals surface area contributed by atoms with Crippen LogP contribution in [0, 0.1) is 0 Å². The molecule has 17 heavy (non-hydrogen) atoms. The molecule has 0 aliphatic heterocycles. The normalized spacial score (nSPS) is 12.1. The molecular formula is C12H15Cl2NO2. The minimum absolute atomic E-state index is 0.0715. The average Bonchev–Trinajstić information content (AvgIpc) is 2.31. The van der Waals surface area contributed by atoms with Gasteiger partial charge in [0.05, 0.1) is 17.2 Å². The Bertz CT molecular complexity index is 421. The van der Waals surface area contributed by atoms with Gasteiger partial charge in [-0.05, 0) is 25.5 Å². The second-order valence-electron chi connectivity index (χ2n) is 3.72. The lowest BCUT2D eigenvalue weighted by Crippen LogP contribution is -2.32. The molecule has 0 fully saturated rings. The molecule has 3 nitrogen and oxygen atoms in total. The number of carbonyl (C=O) groups is 1. The third-order valence-corrected chi connectivity index (χ3v) is 3.09. The monoisotopic (exact) mass is 275 g/mol. The van der Waals surface area contributed by atoms with E-state index in [4.69, 9.17) is 27.9 Å². The summed E-state index contributed by atoms with van der Waals surface area (Å²) in [5, 5.41) is 3.52. The number of nitrogens with one attached hydrogen (secondary N) is 1. The molecule has 1 aromatic carbocycles. The van der Waals surface area contributed by atoms with Crippen LogP contribution in [0.5, 0.6) is 5.75 Å². The quantitative estimate of drug-likeness (QED) is 0.913. The number of ether oxygens (including phenoxy) is 1. The van der Waals surface area contributed by atoms with Gasteiger partial charge in [-0.15, -0.1) is 0 Å². The van der Waals surface area contributed by atoms with Crippen LogP contribution in [0.4, 0.5) is 0 Å². The highest BCUT2D eigenvalue weighted by molar-refractivity contribution is 6.37. The first-order chi connectivity index (χ1) is 8.01. The number of hydrogen-bond donors (Lipinski definition) is 1. The van der Waals surface area contributed by atoms with Gasteiger partial charge in [0.1, 0.15) is 5.56 Å². The predicted molar refractivity (Wildman–Crippen MR) is 70.2 cm³/mol. The maximum atomic E-state index is 12.0. The summed E-state index contributed by atoms with van der Waals surface area (Å²) in [7, 11) is 1.46. The van der Waals surface area contributed by atoms with Gasteiger partial charge in [-0.3, -0.25) is 4.79 Å². The van der Waals surface area contributed by atoms with Crippen molar-refractivity contribution >= 4 is 29.1 Å². The van der Waals surface area contributed by atoms with Crippen LogP contribution in [0.15, 0.2) is 12.1 Å². The molecule has 0 bridgehead atoms. The summed E-state index contributed by atoms with van der Waals surface area (Å²) in [6.07, 6.45) is 0.840. The fourth-order valence-electron chi connectivity index (χ4n) is 1.34. The van der Waals surface area contributed by atoms with Crippen LogP contribution < -0.4 is 10.1 Å². The smallest absolute Gasteiger partial charge is 0.256 e. The molecule has 0 unspecified atom stereocenters. The largest absolute Gasteiger partial charge is 0.494 e. The van der Waals surface area contributed by atoms with E-state index in [2.05, 4.69) is 5.32 Å². The van der Waals surface area contributed by atoms with Gasteiger partial charge in [-0.1, -0.05) is 30.1 Å².